The highest BCUT2D eigenvalue weighted by molar-refractivity contribution is 5.89. The summed E-state index contributed by atoms with van der Waals surface area (Å²) in [6, 6.07) is 6.22. The van der Waals surface area contributed by atoms with Crippen molar-refractivity contribution in [2.45, 2.75) is 46.1 Å². The number of carbonyl (C=O) groups is 1. The van der Waals surface area contributed by atoms with Gasteiger partial charge in [-0.25, -0.2) is 0 Å². The fourth-order valence-electron chi connectivity index (χ4n) is 4.73. The third kappa shape index (κ3) is 6.45. The zero-order chi connectivity index (χ0) is 26.3. The van der Waals surface area contributed by atoms with Gasteiger partial charge in [-0.3, -0.25) is 4.79 Å². The van der Waals surface area contributed by atoms with E-state index in [1.54, 1.807) is 13.1 Å². The minimum absolute atomic E-state index is 0.0101. The van der Waals surface area contributed by atoms with Crippen LogP contribution in [0.1, 0.15) is 51.2 Å². The monoisotopic (exact) mass is 473 g/mol. The van der Waals surface area contributed by atoms with E-state index in [9.17, 15) is 4.79 Å². The first kappa shape index (κ1) is 28.0. The number of hydrogen-bond donors (Lipinski definition) is 1. The van der Waals surface area contributed by atoms with E-state index in [0.717, 1.165) is 34.5 Å². The maximum absolute atomic E-state index is 11.9. The number of carbonyl (C=O) groups excluding carboxylic acids is 1. The molecule has 2 rings (SSSR count). The topological polar surface area (TPSA) is 35.6 Å². The lowest BCUT2D eigenvalue weighted by atomic mass is 9.91. The third-order valence-corrected chi connectivity index (χ3v) is 7.31. The van der Waals surface area contributed by atoms with Gasteiger partial charge in [0.05, 0.1) is 0 Å². The standard InChI is InChI=1S/C31H43N3O/c1-11-21(3)31-27(25(7)33(9)28-18-16-22(4)23(5)20-24(28)6)14-13-15-29(31)34(10)26(12-2)17-19-30(35)32-8/h11-16,18,23-24,26H,1-3,7,17,19-20H2,4-6,8-10H3,(H,32,35). The molecule has 3 atom stereocenters. The van der Waals surface area contributed by atoms with Crippen molar-refractivity contribution < 1.29 is 4.79 Å². The molecule has 0 aliphatic heterocycles. The molecule has 0 fully saturated rings. The maximum atomic E-state index is 11.9. The van der Waals surface area contributed by atoms with Crippen molar-refractivity contribution in [1.82, 2.24) is 10.2 Å². The molecule has 3 unspecified atom stereocenters. The first-order valence-corrected chi connectivity index (χ1v) is 12.4. The fraction of sp³-hybridized carbons (Fsp3) is 0.387. The second-order valence-electron chi connectivity index (χ2n) is 9.60. The van der Waals surface area contributed by atoms with Crippen LogP contribution in [0.15, 0.2) is 80.1 Å². The molecule has 0 spiro atoms. The molecule has 0 heterocycles. The number of nitrogens with one attached hydrogen (secondary N) is 1. The summed E-state index contributed by atoms with van der Waals surface area (Å²) in [5, 5.41) is 2.70. The first-order valence-electron chi connectivity index (χ1n) is 12.4. The van der Waals surface area contributed by atoms with Crippen LogP contribution in [0, 0.1) is 11.8 Å². The normalized spacial score (nSPS) is 18.3. The Labute approximate surface area is 213 Å². The van der Waals surface area contributed by atoms with Crippen LogP contribution in [-0.2, 0) is 4.79 Å². The molecular formula is C31H43N3O. The lowest BCUT2D eigenvalue weighted by Gasteiger charge is -2.33. The molecule has 0 saturated heterocycles. The molecule has 35 heavy (non-hydrogen) atoms. The molecule has 1 aliphatic carbocycles. The minimum atomic E-state index is -0.0101. The van der Waals surface area contributed by atoms with Crippen molar-refractivity contribution in [3.8, 4) is 0 Å². The van der Waals surface area contributed by atoms with E-state index in [1.165, 1.54) is 11.3 Å². The summed E-state index contributed by atoms with van der Waals surface area (Å²) in [7, 11) is 5.79. The molecule has 0 aromatic heterocycles. The maximum Gasteiger partial charge on any atom is 0.219 e. The summed E-state index contributed by atoms with van der Waals surface area (Å²) in [5.41, 5.74) is 7.43. The van der Waals surface area contributed by atoms with Crippen LogP contribution in [0.25, 0.3) is 11.3 Å². The predicted molar refractivity (Wildman–Crippen MR) is 153 cm³/mol. The van der Waals surface area contributed by atoms with Crippen molar-refractivity contribution in [2.75, 3.05) is 26.0 Å². The average Bonchev–Trinajstić information content (AvgIpc) is 2.98. The van der Waals surface area contributed by atoms with Crippen LogP contribution in [-0.4, -0.2) is 38.0 Å². The van der Waals surface area contributed by atoms with Gasteiger partial charge in [0, 0.05) is 61.8 Å². The van der Waals surface area contributed by atoms with E-state index >= 15 is 0 Å². The van der Waals surface area contributed by atoms with Crippen LogP contribution in [0.4, 0.5) is 5.69 Å². The number of likely N-dealkylation sites (N-methyl/N-ethyl adjacent to an activating group) is 1. The second kappa shape index (κ2) is 12.4. The van der Waals surface area contributed by atoms with Gasteiger partial charge in [-0.1, -0.05) is 69.5 Å². The molecule has 0 bridgehead atoms. The van der Waals surface area contributed by atoms with Crippen LogP contribution < -0.4 is 10.2 Å². The Hall–Kier alpha value is -3.27. The largest absolute Gasteiger partial charge is 0.368 e. The fourth-order valence-corrected chi connectivity index (χ4v) is 4.73. The van der Waals surface area contributed by atoms with Crippen LogP contribution >= 0.6 is 0 Å². The van der Waals surface area contributed by atoms with E-state index in [2.05, 4.69) is 99.6 Å². The number of rotatable bonds is 11. The molecule has 1 aliphatic rings. The van der Waals surface area contributed by atoms with Gasteiger partial charge < -0.3 is 15.1 Å². The predicted octanol–water partition coefficient (Wildman–Crippen LogP) is 6.81. The summed E-state index contributed by atoms with van der Waals surface area (Å²) in [4.78, 5) is 16.2. The van der Waals surface area contributed by atoms with Gasteiger partial charge in [-0.2, -0.15) is 0 Å². The van der Waals surface area contributed by atoms with Crippen LogP contribution in [0.3, 0.4) is 0 Å². The lowest BCUT2D eigenvalue weighted by molar-refractivity contribution is -0.120. The van der Waals surface area contributed by atoms with E-state index in [-0.39, 0.29) is 11.9 Å². The SMILES string of the molecule is C=CC(=C)c1c(C(=C)N(C)C2=CC=C(C)C(C)CC2C)cccc1N(C)C(C=C)CCC(=O)NC. The van der Waals surface area contributed by atoms with Gasteiger partial charge >= 0.3 is 0 Å². The average molecular weight is 474 g/mol. The number of hydrogen-bond acceptors (Lipinski definition) is 3. The van der Waals surface area contributed by atoms with Gasteiger partial charge in [0.1, 0.15) is 0 Å². The van der Waals surface area contributed by atoms with Gasteiger partial charge in [0.2, 0.25) is 5.91 Å². The molecule has 0 radical (unpaired) electrons. The van der Waals surface area contributed by atoms with Gasteiger partial charge in [0.15, 0.2) is 0 Å². The Morgan fingerprint density at radius 3 is 2.46 bits per heavy atom. The number of allylic oxidation sites excluding steroid dienone is 6. The Kier molecular flexibility index (Phi) is 9.94. The summed E-state index contributed by atoms with van der Waals surface area (Å²) in [5.74, 6) is 0.987. The summed E-state index contributed by atoms with van der Waals surface area (Å²) >= 11 is 0. The highest BCUT2D eigenvalue weighted by Crippen LogP contribution is 2.38. The third-order valence-electron chi connectivity index (χ3n) is 7.31. The minimum Gasteiger partial charge on any atom is -0.368 e. The number of amides is 1. The Balaban J connectivity index is 2.50. The van der Waals surface area contributed by atoms with E-state index in [0.29, 0.717) is 24.7 Å². The summed E-state index contributed by atoms with van der Waals surface area (Å²) in [6.07, 6.45) is 10.4. The zero-order valence-electron chi connectivity index (χ0n) is 22.5. The van der Waals surface area contributed by atoms with Crippen molar-refractivity contribution in [3.05, 3.63) is 91.2 Å². The zero-order valence-corrected chi connectivity index (χ0v) is 22.5. The van der Waals surface area contributed by atoms with Crippen molar-refractivity contribution in [3.63, 3.8) is 0 Å². The van der Waals surface area contributed by atoms with Crippen LogP contribution in [0.5, 0.6) is 0 Å². The van der Waals surface area contributed by atoms with E-state index in [4.69, 9.17) is 0 Å². The number of anilines is 1. The molecule has 4 heteroatoms. The number of benzene rings is 1. The molecule has 1 aromatic rings. The first-order chi connectivity index (χ1) is 16.6. The Morgan fingerprint density at radius 1 is 1.17 bits per heavy atom. The highest BCUT2D eigenvalue weighted by atomic mass is 16.1. The number of nitrogens with zero attached hydrogens (tertiary/aromatic N) is 2. The highest BCUT2D eigenvalue weighted by Gasteiger charge is 2.24. The summed E-state index contributed by atoms with van der Waals surface area (Å²) < 4.78 is 0. The lowest BCUT2D eigenvalue weighted by Crippen LogP contribution is -2.32. The Morgan fingerprint density at radius 2 is 1.86 bits per heavy atom. The van der Waals surface area contributed by atoms with E-state index in [1.807, 2.05) is 13.1 Å². The van der Waals surface area contributed by atoms with Crippen molar-refractivity contribution in [2.24, 2.45) is 11.8 Å². The van der Waals surface area contributed by atoms with E-state index < -0.39 is 0 Å². The summed E-state index contributed by atoms with van der Waals surface area (Å²) in [6.45, 7) is 23.6. The van der Waals surface area contributed by atoms with Crippen LogP contribution in [0.2, 0.25) is 0 Å². The quantitative estimate of drug-likeness (QED) is 0.283. The van der Waals surface area contributed by atoms with Gasteiger partial charge in [-0.15, -0.1) is 6.58 Å². The van der Waals surface area contributed by atoms with Crippen molar-refractivity contribution in [1.29, 1.82) is 0 Å². The smallest absolute Gasteiger partial charge is 0.219 e. The molecule has 1 N–H and O–H groups in total. The Bertz CT molecular complexity index is 1050. The molecular weight excluding hydrogens is 430 g/mol. The molecule has 0 saturated carbocycles. The molecule has 188 valence electrons. The van der Waals surface area contributed by atoms with Gasteiger partial charge in [0.25, 0.3) is 0 Å². The molecule has 4 nitrogen and oxygen atoms in total. The molecule has 1 amide bonds. The van der Waals surface area contributed by atoms with Crippen molar-refractivity contribution >= 4 is 22.9 Å². The molecule has 1 aromatic carbocycles. The van der Waals surface area contributed by atoms with Gasteiger partial charge in [-0.05, 0) is 49.3 Å². The second-order valence-corrected chi connectivity index (χ2v) is 9.60.